The first kappa shape index (κ1) is 16.8. The van der Waals surface area contributed by atoms with Crippen molar-refractivity contribution in [2.24, 2.45) is 0 Å². The minimum Gasteiger partial charge on any atom is -0.480 e. The van der Waals surface area contributed by atoms with E-state index in [-0.39, 0.29) is 6.42 Å². The predicted molar refractivity (Wildman–Crippen MR) is 91.7 cm³/mol. The molecule has 0 spiro atoms. The SMILES string of the molecule is O=C(O)C(CC#Cc1ccc(Cl)cc1)Sc1ccc(Cl)cc1. The quantitative estimate of drug-likeness (QED) is 0.624. The highest BCUT2D eigenvalue weighted by Crippen LogP contribution is 2.26. The Hall–Kier alpha value is -1.60. The zero-order valence-electron chi connectivity index (χ0n) is 11.4. The van der Waals surface area contributed by atoms with E-state index in [1.54, 1.807) is 48.5 Å². The van der Waals surface area contributed by atoms with Crippen molar-refractivity contribution in [1.82, 2.24) is 0 Å². The Labute approximate surface area is 143 Å². The molecule has 2 aromatic rings. The molecule has 1 unspecified atom stereocenters. The molecule has 2 nitrogen and oxygen atoms in total. The van der Waals surface area contributed by atoms with Gasteiger partial charge in [0, 0.05) is 26.9 Å². The zero-order valence-corrected chi connectivity index (χ0v) is 13.8. The van der Waals surface area contributed by atoms with Crippen LogP contribution in [0.4, 0.5) is 0 Å². The standard InChI is InChI=1S/C17H12Cl2O2S/c18-13-6-4-12(5-7-13)2-1-3-16(17(20)21)22-15-10-8-14(19)9-11-15/h4-11,16H,3H2,(H,20,21). The summed E-state index contributed by atoms with van der Waals surface area (Å²) in [5.41, 5.74) is 0.810. The van der Waals surface area contributed by atoms with Gasteiger partial charge in [-0.15, -0.1) is 11.8 Å². The molecule has 2 aromatic carbocycles. The Bertz CT molecular complexity index is 700. The highest BCUT2D eigenvalue weighted by molar-refractivity contribution is 8.00. The molecule has 0 saturated heterocycles. The lowest BCUT2D eigenvalue weighted by Crippen LogP contribution is -2.15. The molecule has 1 atom stereocenters. The lowest BCUT2D eigenvalue weighted by atomic mass is 10.2. The van der Waals surface area contributed by atoms with Gasteiger partial charge in [-0.05, 0) is 48.5 Å². The van der Waals surface area contributed by atoms with Crippen molar-refractivity contribution in [3.05, 3.63) is 64.1 Å². The molecule has 1 N–H and O–H groups in total. The van der Waals surface area contributed by atoms with Crippen LogP contribution in [0.2, 0.25) is 10.0 Å². The smallest absolute Gasteiger partial charge is 0.317 e. The molecule has 112 valence electrons. The molecule has 0 aromatic heterocycles. The van der Waals surface area contributed by atoms with Crippen molar-refractivity contribution < 1.29 is 9.90 Å². The Morgan fingerprint density at radius 2 is 1.59 bits per heavy atom. The minimum absolute atomic E-state index is 0.255. The second-order valence-corrected chi connectivity index (χ2v) is 6.56. The molecule has 0 heterocycles. The van der Waals surface area contributed by atoms with Crippen LogP contribution in [0.15, 0.2) is 53.4 Å². The van der Waals surface area contributed by atoms with Gasteiger partial charge in [-0.2, -0.15) is 0 Å². The summed E-state index contributed by atoms with van der Waals surface area (Å²) in [6, 6.07) is 14.2. The number of halogens is 2. The first-order chi connectivity index (χ1) is 10.5. The largest absolute Gasteiger partial charge is 0.480 e. The Morgan fingerprint density at radius 3 is 2.14 bits per heavy atom. The molecule has 22 heavy (non-hydrogen) atoms. The van der Waals surface area contributed by atoms with Gasteiger partial charge >= 0.3 is 5.97 Å². The Kier molecular flexibility index (Phi) is 6.21. The summed E-state index contributed by atoms with van der Waals surface area (Å²) in [6.07, 6.45) is 0.255. The summed E-state index contributed by atoms with van der Waals surface area (Å²) in [4.78, 5) is 12.2. The number of carboxylic acids is 1. The van der Waals surface area contributed by atoms with E-state index < -0.39 is 11.2 Å². The lowest BCUT2D eigenvalue weighted by molar-refractivity contribution is -0.136. The number of hydrogen-bond donors (Lipinski definition) is 1. The number of hydrogen-bond acceptors (Lipinski definition) is 2. The summed E-state index contributed by atoms with van der Waals surface area (Å²) in [5, 5.41) is 9.94. The molecule has 0 amide bonds. The van der Waals surface area contributed by atoms with E-state index >= 15 is 0 Å². The third-order valence-electron chi connectivity index (χ3n) is 2.73. The van der Waals surface area contributed by atoms with Gasteiger partial charge in [0.15, 0.2) is 0 Å². The number of rotatable bonds is 4. The molecule has 0 bridgehead atoms. The fraction of sp³-hybridized carbons (Fsp3) is 0.118. The maximum atomic E-state index is 11.3. The molecular weight excluding hydrogens is 339 g/mol. The molecule has 2 rings (SSSR count). The van der Waals surface area contributed by atoms with Crippen LogP contribution in [0.5, 0.6) is 0 Å². The van der Waals surface area contributed by atoms with E-state index in [0.29, 0.717) is 10.0 Å². The molecular formula is C17H12Cl2O2S. The molecule has 0 aliphatic heterocycles. The van der Waals surface area contributed by atoms with Crippen LogP contribution in [-0.2, 0) is 4.79 Å². The fourth-order valence-electron chi connectivity index (χ4n) is 1.64. The third kappa shape index (κ3) is 5.31. The first-order valence-corrected chi connectivity index (χ1v) is 8.07. The topological polar surface area (TPSA) is 37.3 Å². The average molecular weight is 351 g/mol. The lowest BCUT2D eigenvalue weighted by Gasteiger charge is -2.08. The van der Waals surface area contributed by atoms with Crippen LogP contribution in [0.3, 0.4) is 0 Å². The van der Waals surface area contributed by atoms with E-state index in [1.165, 1.54) is 11.8 Å². The van der Waals surface area contributed by atoms with Crippen LogP contribution in [-0.4, -0.2) is 16.3 Å². The Morgan fingerprint density at radius 1 is 1.05 bits per heavy atom. The summed E-state index contributed by atoms with van der Waals surface area (Å²) in [5.74, 6) is 4.98. The second-order valence-electron chi connectivity index (χ2n) is 4.41. The zero-order chi connectivity index (χ0) is 15.9. The van der Waals surface area contributed by atoms with Gasteiger partial charge in [-0.3, -0.25) is 4.79 Å². The number of aliphatic carboxylic acids is 1. The normalized spacial score (nSPS) is 11.4. The van der Waals surface area contributed by atoms with Gasteiger partial charge in [0.25, 0.3) is 0 Å². The van der Waals surface area contributed by atoms with Crippen molar-refractivity contribution >= 4 is 40.9 Å². The van der Waals surface area contributed by atoms with E-state index in [1.807, 2.05) is 0 Å². The average Bonchev–Trinajstić information content (AvgIpc) is 2.50. The molecule has 0 aliphatic carbocycles. The van der Waals surface area contributed by atoms with Crippen molar-refractivity contribution in [3.63, 3.8) is 0 Å². The van der Waals surface area contributed by atoms with Crippen LogP contribution in [0.25, 0.3) is 0 Å². The maximum Gasteiger partial charge on any atom is 0.317 e. The van der Waals surface area contributed by atoms with Crippen molar-refractivity contribution in [3.8, 4) is 11.8 Å². The predicted octanol–water partition coefficient (Wildman–Crippen LogP) is 4.98. The van der Waals surface area contributed by atoms with E-state index in [2.05, 4.69) is 11.8 Å². The van der Waals surface area contributed by atoms with Crippen LogP contribution >= 0.6 is 35.0 Å². The van der Waals surface area contributed by atoms with E-state index in [0.717, 1.165) is 10.5 Å². The van der Waals surface area contributed by atoms with Crippen molar-refractivity contribution in [1.29, 1.82) is 0 Å². The Balaban J connectivity index is 2.02. The first-order valence-electron chi connectivity index (χ1n) is 6.44. The number of thioether (sulfide) groups is 1. The number of benzene rings is 2. The summed E-state index contributed by atoms with van der Waals surface area (Å²) in [7, 11) is 0. The molecule has 0 aliphatic rings. The third-order valence-corrected chi connectivity index (χ3v) is 4.43. The van der Waals surface area contributed by atoms with Crippen molar-refractivity contribution in [2.75, 3.05) is 0 Å². The maximum absolute atomic E-state index is 11.3. The second kappa shape index (κ2) is 8.14. The highest BCUT2D eigenvalue weighted by Gasteiger charge is 2.17. The molecule has 0 saturated carbocycles. The van der Waals surface area contributed by atoms with E-state index in [4.69, 9.17) is 23.2 Å². The van der Waals surface area contributed by atoms with Crippen LogP contribution in [0.1, 0.15) is 12.0 Å². The minimum atomic E-state index is -0.884. The van der Waals surface area contributed by atoms with Gasteiger partial charge in [0.05, 0.1) is 0 Å². The van der Waals surface area contributed by atoms with Gasteiger partial charge in [-0.25, -0.2) is 0 Å². The monoisotopic (exact) mass is 350 g/mol. The summed E-state index contributed by atoms with van der Waals surface area (Å²) in [6.45, 7) is 0. The molecule has 5 heteroatoms. The summed E-state index contributed by atoms with van der Waals surface area (Å²) >= 11 is 12.9. The van der Waals surface area contributed by atoms with Crippen LogP contribution in [0, 0.1) is 11.8 Å². The molecule has 0 fully saturated rings. The van der Waals surface area contributed by atoms with Gasteiger partial charge < -0.3 is 5.11 Å². The number of carboxylic acid groups (broad SMARTS) is 1. The number of carbonyl (C=O) groups is 1. The fourth-order valence-corrected chi connectivity index (χ4v) is 2.78. The van der Waals surface area contributed by atoms with Gasteiger partial charge in [0.1, 0.15) is 5.25 Å². The molecule has 0 radical (unpaired) electrons. The van der Waals surface area contributed by atoms with E-state index in [9.17, 15) is 9.90 Å². The van der Waals surface area contributed by atoms with Crippen LogP contribution < -0.4 is 0 Å². The van der Waals surface area contributed by atoms with Crippen molar-refractivity contribution in [2.45, 2.75) is 16.6 Å². The van der Waals surface area contributed by atoms with Gasteiger partial charge in [-0.1, -0.05) is 35.0 Å². The summed E-state index contributed by atoms with van der Waals surface area (Å²) < 4.78 is 0. The van der Waals surface area contributed by atoms with Gasteiger partial charge in [0.2, 0.25) is 0 Å². The highest BCUT2D eigenvalue weighted by atomic mass is 35.5.